The van der Waals surface area contributed by atoms with Crippen LogP contribution in [0.2, 0.25) is 0 Å². The topological polar surface area (TPSA) is 69.5 Å². The van der Waals surface area contributed by atoms with Gasteiger partial charge in [-0.1, -0.05) is 30.3 Å². The van der Waals surface area contributed by atoms with E-state index < -0.39 is 5.69 Å². The van der Waals surface area contributed by atoms with Crippen molar-refractivity contribution in [2.45, 2.75) is 0 Å². The smallest absolute Gasteiger partial charge is 0.305 e. The molecule has 2 aromatic rings. The summed E-state index contributed by atoms with van der Waals surface area (Å²) in [5.74, 6) is 0. The van der Waals surface area contributed by atoms with Crippen molar-refractivity contribution in [3.05, 3.63) is 52.6 Å². The van der Waals surface area contributed by atoms with E-state index in [1.54, 1.807) is 6.07 Å². The van der Waals surface area contributed by atoms with Crippen molar-refractivity contribution in [1.82, 2.24) is 9.97 Å². The largest absolute Gasteiger partial charge is 0.346 e. The van der Waals surface area contributed by atoms with Crippen molar-refractivity contribution in [2.24, 2.45) is 0 Å². The lowest BCUT2D eigenvalue weighted by Gasteiger charge is -1.99. The third-order valence-electron chi connectivity index (χ3n) is 1.94. The molecule has 1 N–H and O–H groups in total. The van der Waals surface area contributed by atoms with E-state index in [1.165, 1.54) is 0 Å². The highest BCUT2D eigenvalue weighted by molar-refractivity contribution is 5.59. The summed E-state index contributed by atoms with van der Waals surface area (Å²) >= 11 is 0. The van der Waals surface area contributed by atoms with Gasteiger partial charge in [0, 0.05) is 0 Å². The van der Waals surface area contributed by atoms with Crippen LogP contribution in [0.4, 0.5) is 0 Å². The molecule has 0 radical (unpaired) electrons. The van der Waals surface area contributed by atoms with E-state index in [0.717, 1.165) is 5.56 Å². The third-order valence-corrected chi connectivity index (χ3v) is 1.94. The zero-order valence-corrected chi connectivity index (χ0v) is 7.77. The average Bonchev–Trinajstić information content (AvgIpc) is 2.29. The molecule has 2 rings (SSSR count). The number of aromatic amines is 1. The quantitative estimate of drug-likeness (QED) is 0.749. The zero-order valence-electron chi connectivity index (χ0n) is 7.77. The molecule has 1 heterocycles. The van der Waals surface area contributed by atoms with Crippen LogP contribution < -0.4 is 5.69 Å². The Kier molecular flexibility index (Phi) is 2.30. The Bertz CT molecular complexity index is 566. The van der Waals surface area contributed by atoms with Gasteiger partial charge in [0.25, 0.3) is 0 Å². The highest BCUT2D eigenvalue weighted by Gasteiger charge is 2.01. The van der Waals surface area contributed by atoms with Gasteiger partial charge in [0.2, 0.25) is 0 Å². The van der Waals surface area contributed by atoms with Gasteiger partial charge in [-0.05, 0) is 11.6 Å². The average molecular weight is 197 g/mol. The molecular formula is C11H7N3O. The van der Waals surface area contributed by atoms with E-state index in [-0.39, 0.29) is 5.69 Å². The van der Waals surface area contributed by atoms with Gasteiger partial charge in [-0.3, -0.25) is 0 Å². The number of rotatable bonds is 1. The third kappa shape index (κ3) is 1.92. The van der Waals surface area contributed by atoms with Crippen LogP contribution in [0.3, 0.4) is 0 Å². The van der Waals surface area contributed by atoms with Crippen molar-refractivity contribution in [3.63, 3.8) is 0 Å². The van der Waals surface area contributed by atoms with Crippen molar-refractivity contribution in [1.29, 1.82) is 5.26 Å². The van der Waals surface area contributed by atoms with Gasteiger partial charge in [-0.25, -0.2) is 4.79 Å². The fourth-order valence-electron chi connectivity index (χ4n) is 1.29. The van der Waals surface area contributed by atoms with Crippen LogP contribution in [-0.4, -0.2) is 9.97 Å². The van der Waals surface area contributed by atoms with Crippen LogP contribution in [0.15, 0.2) is 41.2 Å². The summed E-state index contributed by atoms with van der Waals surface area (Å²) in [5.41, 5.74) is 1.08. The van der Waals surface area contributed by atoms with E-state index in [0.29, 0.717) is 5.69 Å². The zero-order chi connectivity index (χ0) is 10.7. The molecule has 0 spiro atoms. The second-order valence-corrected chi connectivity index (χ2v) is 2.96. The molecule has 0 amide bonds. The first kappa shape index (κ1) is 9.16. The van der Waals surface area contributed by atoms with Crippen LogP contribution in [0, 0.1) is 11.3 Å². The minimum atomic E-state index is -0.507. The fourth-order valence-corrected chi connectivity index (χ4v) is 1.29. The van der Waals surface area contributed by atoms with Crippen LogP contribution in [0.25, 0.3) is 11.3 Å². The summed E-state index contributed by atoms with van der Waals surface area (Å²) in [7, 11) is 0. The molecular weight excluding hydrogens is 190 g/mol. The second kappa shape index (κ2) is 3.76. The minimum Gasteiger partial charge on any atom is -0.305 e. The Morgan fingerprint density at radius 2 is 2.00 bits per heavy atom. The molecule has 1 aromatic heterocycles. The maximum Gasteiger partial charge on any atom is 0.346 e. The Labute approximate surface area is 85.8 Å². The van der Waals surface area contributed by atoms with Crippen molar-refractivity contribution in [3.8, 4) is 17.3 Å². The van der Waals surface area contributed by atoms with E-state index in [9.17, 15) is 4.79 Å². The SMILES string of the molecule is N#Cc1cc(-c2ccccc2)[nH]c(=O)n1. The summed E-state index contributed by atoms with van der Waals surface area (Å²) in [6.07, 6.45) is 0. The van der Waals surface area contributed by atoms with Gasteiger partial charge in [0.05, 0.1) is 5.69 Å². The van der Waals surface area contributed by atoms with Gasteiger partial charge in [0.15, 0.2) is 0 Å². The molecule has 4 nitrogen and oxygen atoms in total. The molecule has 0 aliphatic heterocycles. The Morgan fingerprint density at radius 1 is 1.27 bits per heavy atom. The van der Waals surface area contributed by atoms with Crippen LogP contribution >= 0.6 is 0 Å². The predicted octanol–water partition coefficient (Wildman–Crippen LogP) is 1.31. The van der Waals surface area contributed by atoms with E-state index in [1.807, 2.05) is 36.4 Å². The molecule has 0 bridgehead atoms. The Hall–Kier alpha value is -2.41. The van der Waals surface area contributed by atoms with E-state index >= 15 is 0 Å². The molecule has 0 saturated heterocycles. The van der Waals surface area contributed by atoms with Gasteiger partial charge in [-0.2, -0.15) is 10.2 Å². The lowest BCUT2D eigenvalue weighted by atomic mass is 10.1. The molecule has 15 heavy (non-hydrogen) atoms. The highest BCUT2D eigenvalue weighted by atomic mass is 16.1. The normalized spacial score (nSPS) is 9.53. The van der Waals surface area contributed by atoms with Gasteiger partial charge < -0.3 is 4.98 Å². The maximum absolute atomic E-state index is 11.1. The number of nitrogens with one attached hydrogen (secondary N) is 1. The molecule has 0 fully saturated rings. The molecule has 0 atom stereocenters. The molecule has 0 aliphatic carbocycles. The van der Waals surface area contributed by atoms with Crippen molar-refractivity contribution < 1.29 is 0 Å². The summed E-state index contributed by atoms with van der Waals surface area (Å²) in [5, 5.41) is 8.67. The van der Waals surface area contributed by atoms with Crippen molar-refractivity contribution >= 4 is 0 Å². The predicted molar refractivity (Wildman–Crippen MR) is 55.0 cm³/mol. The van der Waals surface area contributed by atoms with Crippen LogP contribution in [0.5, 0.6) is 0 Å². The van der Waals surface area contributed by atoms with Gasteiger partial charge in [0.1, 0.15) is 11.8 Å². The number of nitrogens with zero attached hydrogens (tertiary/aromatic N) is 2. The van der Waals surface area contributed by atoms with Crippen LogP contribution in [0.1, 0.15) is 5.69 Å². The number of aromatic nitrogens is 2. The first-order valence-corrected chi connectivity index (χ1v) is 4.36. The fraction of sp³-hybridized carbons (Fsp3) is 0. The molecule has 0 saturated carbocycles. The molecule has 72 valence electrons. The molecule has 1 aromatic carbocycles. The van der Waals surface area contributed by atoms with E-state index in [4.69, 9.17) is 5.26 Å². The first-order valence-electron chi connectivity index (χ1n) is 4.36. The number of nitriles is 1. The first-order chi connectivity index (χ1) is 7.29. The molecule has 0 aliphatic rings. The lowest BCUT2D eigenvalue weighted by Crippen LogP contribution is -2.12. The second-order valence-electron chi connectivity index (χ2n) is 2.96. The van der Waals surface area contributed by atoms with Gasteiger partial charge >= 0.3 is 5.69 Å². The summed E-state index contributed by atoms with van der Waals surface area (Å²) < 4.78 is 0. The monoisotopic (exact) mass is 197 g/mol. The number of hydrogen-bond acceptors (Lipinski definition) is 3. The van der Waals surface area contributed by atoms with E-state index in [2.05, 4.69) is 9.97 Å². The molecule has 4 heteroatoms. The summed E-state index contributed by atoms with van der Waals surface area (Å²) in [6.45, 7) is 0. The van der Waals surface area contributed by atoms with Gasteiger partial charge in [-0.15, -0.1) is 0 Å². The number of benzene rings is 1. The standard InChI is InChI=1S/C11H7N3O/c12-7-9-6-10(14-11(15)13-9)8-4-2-1-3-5-8/h1-6H,(H,13,14,15). The van der Waals surface area contributed by atoms with Crippen molar-refractivity contribution in [2.75, 3.05) is 0 Å². The van der Waals surface area contributed by atoms with Crippen LogP contribution in [-0.2, 0) is 0 Å². The lowest BCUT2D eigenvalue weighted by molar-refractivity contribution is 1.06. The maximum atomic E-state index is 11.1. The minimum absolute atomic E-state index is 0.123. The molecule has 0 unspecified atom stereocenters. The highest BCUT2D eigenvalue weighted by Crippen LogP contribution is 2.14. The Morgan fingerprint density at radius 3 is 2.67 bits per heavy atom. The summed E-state index contributed by atoms with van der Waals surface area (Å²) in [6, 6.07) is 12.7. The Balaban J connectivity index is 2.60. The number of H-pyrrole nitrogens is 1. The number of hydrogen-bond donors (Lipinski definition) is 1. The summed E-state index contributed by atoms with van der Waals surface area (Å²) in [4.78, 5) is 17.2.